The number of carbonyl (C=O) groups excluding carboxylic acids is 1. The van der Waals surface area contributed by atoms with Crippen LogP contribution in [0, 0.1) is 11.8 Å². The molecule has 18 heavy (non-hydrogen) atoms. The Labute approximate surface area is 110 Å². The lowest BCUT2D eigenvalue weighted by atomic mass is 10.2. The minimum absolute atomic E-state index is 0.0204. The Hall–Kier alpha value is -1.26. The Balaban J connectivity index is 2.39. The quantitative estimate of drug-likeness (QED) is 0.541. The maximum absolute atomic E-state index is 11.5. The molecule has 0 aromatic rings. The summed E-state index contributed by atoms with van der Waals surface area (Å²) < 4.78 is 0. The highest BCUT2D eigenvalue weighted by Gasteiger charge is 2.21. The van der Waals surface area contributed by atoms with E-state index in [-0.39, 0.29) is 12.5 Å². The molecule has 0 unspecified atom stereocenters. The third kappa shape index (κ3) is 6.47. The summed E-state index contributed by atoms with van der Waals surface area (Å²) in [5.74, 6) is 2.13. The number of nitrogens with zero attached hydrogens (tertiary/aromatic N) is 2. The highest BCUT2D eigenvalue weighted by molar-refractivity contribution is 5.84. The van der Waals surface area contributed by atoms with Crippen molar-refractivity contribution in [2.24, 2.45) is 16.8 Å². The molecule has 0 aromatic heterocycles. The van der Waals surface area contributed by atoms with Crippen LogP contribution in [0.5, 0.6) is 0 Å². The molecule has 1 aliphatic rings. The first-order valence-corrected chi connectivity index (χ1v) is 6.71. The summed E-state index contributed by atoms with van der Waals surface area (Å²) in [6.45, 7) is 6.32. The molecule has 1 fully saturated rings. The number of aliphatic imine (C=N–C) groups is 1. The normalized spacial score (nSPS) is 15.7. The number of hydrogen-bond acceptors (Lipinski definition) is 2. The lowest BCUT2D eigenvalue weighted by Gasteiger charge is -2.14. The first kappa shape index (κ1) is 14.8. The fourth-order valence-corrected chi connectivity index (χ4v) is 1.33. The van der Waals surface area contributed by atoms with Crippen molar-refractivity contribution in [1.82, 2.24) is 15.5 Å². The van der Waals surface area contributed by atoms with Gasteiger partial charge in [0.2, 0.25) is 5.91 Å². The molecule has 0 saturated heterocycles. The second kappa shape index (κ2) is 7.24. The van der Waals surface area contributed by atoms with Crippen LogP contribution in [-0.4, -0.2) is 50.5 Å². The van der Waals surface area contributed by atoms with Crippen molar-refractivity contribution >= 4 is 11.9 Å². The standard InChI is InChI=1S/C13H26N4O/c1-10(2)7-14-13(15-8-11-5-6-11)16-9-12(18)17(3)4/h10-11H,5-9H2,1-4H3,(H2,14,15,16). The molecule has 1 amide bonds. The van der Waals surface area contributed by atoms with Gasteiger partial charge in [-0.2, -0.15) is 0 Å². The van der Waals surface area contributed by atoms with Crippen molar-refractivity contribution < 1.29 is 4.79 Å². The van der Waals surface area contributed by atoms with Crippen LogP contribution in [0.3, 0.4) is 0 Å². The predicted octanol–water partition coefficient (Wildman–Crippen LogP) is 0.676. The van der Waals surface area contributed by atoms with Crippen LogP contribution >= 0.6 is 0 Å². The van der Waals surface area contributed by atoms with Gasteiger partial charge in [0.25, 0.3) is 0 Å². The summed E-state index contributed by atoms with van der Waals surface area (Å²) in [5, 5.41) is 6.56. The van der Waals surface area contributed by atoms with E-state index in [1.54, 1.807) is 19.0 Å². The van der Waals surface area contributed by atoms with E-state index in [0.29, 0.717) is 5.92 Å². The van der Waals surface area contributed by atoms with Gasteiger partial charge in [-0.05, 0) is 24.7 Å². The SMILES string of the molecule is CC(C)CNC(=NCC(=O)N(C)C)NCC1CC1. The third-order valence-corrected chi connectivity index (χ3v) is 2.80. The molecule has 5 heteroatoms. The highest BCUT2D eigenvalue weighted by atomic mass is 16.2. The van der Waals surface area contributed by atoms with Crippen LogP contribution in [0.2, 0.25) is 0 Å². The Morgan fingerprint density at radius 3 is 2.50 bits per heavy atom. The van der Waals surface area contributed by atoms with E-state index in [4.69, 9.17) is 0 Å². The molecule has 1 aliphatic carbocycles. The number of rotatable bonds is 6. The summed E-state index contributed by atoms with van der Waals surface area (Å²) in [6.07, 6.45) is 2.61. The molecule has 104 valence electrons. The average molecular weight is 254 g/mol. The third-order valence-electron chi connectivity index (χ3n) is 2.80. The fraction of sp³-hybridized carbons (Fsp3) is 0.846. The fourth-order valence-electron chi connectivity index (χ4n) is 1.33. The molecular weight excluding hydrogens is 228 g/mol. The minimum Gasteiger partial charge on any atom is -0.356 e. The lowest BCUT2D eigenvalue weighted by Crippen LogP contribution is -2.41. The zero-order valence-electron chi connectivity index (χ0n) is 12.0. The Morgan fingerprint density at radius 2 is 2.00 bits per heavy atom. The molecule has 0 spiro atoms. The maximum atomic E-state index is 11.5. The summed E-state index contributed by atoms with van der Waals surface area (Å²) >= 11 is 0. The molecular formula is C13H26N4O. The Kier molecular flexibility index (Phi) is 5.95. The van der Waals surface area contributed by atoms with Gasteiger partial charge in [0.15, 0.2) is 5.96 Å². The topological polar surface area (TPSA) is 56.7 Å². The Bertz CT molecular complexity index is 287. The molecule has 0 bridgehead atoms. The van der Waals surface area contributed by atoms with Crippen LogP contribution in [-0.2, 0) is 4.79 Å². The van der Waals surface area contributed by atoms with Crippen molar-refractivity contribution in [2.75, 3.05) is 33.7 Å². The van der Waals surface area contributed by atoms with Crippen molar-refractivity contribution in [2.45, 2.75) is 26.7 Å². The van der Waals surface area contributed by atoms with Gasteiger partial charge < -0.3 is 15.5 Å². The molecule has 1 saturated carbocycles. The average Bonchev–Trinajstić information content (AvgIpc) is 3.11. The molecule has 0 aromatic carbocycles. The van der Waals surface area contributed by atoms with Crippen molar-refractivity contribution in [3.63, 3.8) is 0 Å². The molecule has 0 heterocycles. The molecule has 5 nitrogen and oxygen atoms in total. The number of carbonyl (C=O) groups is 1. The zero-order chi connectivity index (χ0) is 13.5. The second-order valence-corrected chi connectivity index (χ2v) is 5.55. The van der Waals surface area contributed by atoms with Gasteiger partial charge in [-0.1, -0.05) is 13.8 Å². The number of guanidine groups is 1. The van der Waals surface area contributed by atoms with Gasteiger partial charge in [-0.25, -0.2) is 4.99 Å². The van der Waals surface area contributed by atoms with Gasteiger partial charge in [-0.3, -0.25) is 4.79 Å². The van der Waals surface area contributed by atoms with Crippen molar-refractivity contribution in [1.29, 1.82) is 0 Å². The van der Waals surface area contributed by atoms with E-state index in [0.717, 1.165) is 25.0 Å². The predicted molar refractivity (Wildman–Crippen MR) is 74.6 cm³/mol. The molecule has 0 radical (unpaired) electrons. The van der Waals surface area contributed by atoms with Gasteiger partial charge in [0, 0.05) is 27.2 Å². The van der Waals surface area contributed by atoms with Crippen LogP contribution in [0.15, 0.2) is 4.99 Å². The summed E-state index contributed by atoms with van der Waals surface area (Å²) in [6, 6.07) is 0. The smallest absolute Gasteiger partial charge is 0.243 e. The van der Waals surface area contributed by atoms with E-state index < -0.39 is 0 Å². The van der Waals surface area contributed by atoms with Crippen molar-refractivity contribution in [3.05, 3.63) is 0 Å². The molecule has 2 N–H and O–H groups in total. The Morgan fingerprint density at radius 1 is 1.33 bits per heavy atom. The summed E-state index contributed by atoms with van der Waals surface area (Å²) in [5.41, 5.74) is 0. The molecule has 1 rings (SSSR count). The van der Waals surface area contributed by atoms with E-state index in [9.17, 15) is 4.79 Å². The van der Waals surface area contributed by atoms with E-state index in [1.807, 2.05) is 0 Å². The van der Waals surface area contributed by atoms with Gasteiger partial charge in [0.1, 0.15) is 6.54 Å². The van der Waals surface area contributed by atoms with Crippen LogP contribution < -0.4 is 10.6 Å². The van der Waals surface area contributed by atoms with E-state index >= 15 is 0 Å². The monoisotopic (exact) mass is 254 g/mol. The highest BCUT2D eigenvalue weighted by Crippen LogP contribution is 2.27. The van der Waals surface area contributed by atoms with Crippen LogP contribution in [0.4, 0.5) is 0 Å². The van der Waals surface area contributed by atoms with Gasteiger partial charge in [0.05, 0.1) is 0 Å². The first-order chi connectivity index (χ1) is 8.49. The largest absolute Gasteiger partial charge is 0.356 e. The summed E-state index contributed by atoms with van der Waals surface area (Å²) in [7, 11) is 3.49. The van der Waals surface area contributed by atoms with Crippen LogP contribution in [0.1, 0.15) is 26.7 Å². The van der Waals surface area contributed by atoms with Gasteiger partial charge >= 0.3 is 0 Å². The van der Waals surface area contributed by atoms with E-state index in [1.165, 1.54) is 12.8 Å². The van der Waals surface area contributed by atoms with Gasteiger partial charge in [-0.15, -0.1) is 0 Å². The number of nitrogens with one attached hydrogen (secondary N) is 2. The molecule has 0 atom stereocenters. The second-order valence-electron chi connectivity index (χ2n) is 5.55. The lowest BCUT2D eigenvalue weighted by molar-refractivity contribution is -0.127. The van der Waals surface area contributed by atoms with Crippen LogP contribution in [0.25, 0.3) is 0 Å². The minimum atomic E-state index is 0.0204. The maximum Gasteiger partial charge on any atom is 0.243 e. The molecule has 0 aliphatic heterocycles. The number of hydrogen-bond donors (Lipinski definition) is 2. The first-order valence-electron chi connectivity index (χ1n) is 6.71. The zero-order valence-corrected chi connectivity index (χ0v) is 12.0. The number of amides is 1. The van der Waals surface area contributed by atoms with Crippen molar-refractivity contribution in [3.8, 4) is 0 Å². The summed E-state index contributed by atoms with van der Waals surface area (Å²) in [4.78, 5) is 17.4. The van der Waals surface area contributed by atoms with E-state index in [2.05, 4.69) is 29.5 Å². The number of likely N-dealkylation sites (N-methyl/N-ethyl adjacent to an activating group) is 1.